The van der Waals surface area contributed by atoms with Crippen LogP contribution in [0.1, 0.15) is 32.1 Å². The van der Waals surface area contributed by atoms with Gasteiger partial charge in [-0.1, -0.05) is 19.3 Å². The van der Waals surface area contributed by atoms with Crippen LogP contribution in [0.15, 0.2) is 0 Å². The molecule has 14 heavy (non-hydrogen) atoms. The lowest BCUT2D eigenvalue weighted by atomic mass is 9.75. The second-order valence-electron chi connectivity index (χ2n) is 4.59. The molecule has 0 radical (unpaired) electrons. The average molecular weight is 213 g/mol. The van der Waals surface area contributed by atoms with Crippen LogP contribution in [0.4, 0.5) is 0 Å². The highest BCUT2D eigenvalue weighted by molar-refractivity contribution is 7.81. The molecule has 2 aliphatic rings. The monoisotopic (exact) mass is 213 g/mol. The minimum absolute atomic E-state index is 0.220. The third kappa shape index (κ3) is 2.08. The molecule has 1 saturated carbocycles. The Labute approximate surface area is 91.5 Å². The normalized spacial score (nSPS) is 32.5. The van der Waals surface area contributed by atoms with Gasteiger partial charge in [0.25, 0.3) is 0 Å². The van der Waals surface area contributed by atoms with E-state index < -0.39 is 0 Å². The summed E-state index contributed by atoms with van der Waals surface area (Å²) in [6.45, 7) is 1.98. The Morgan fingerprint density at radius 2 is 1.93 bits per heavy atom. The van der Waals surface area contributed by atoms with Crippen molar-refractivity contribution in [2.45, 2.75) is 32.1 Å². The number of piperidine rings is 1. The van der Waals surface area contributed by atoms with Crippen LogP contribution in [0.3, 0.4) is 0 Å². The van der Waals surface area contributed by atoms with Crippen molar-refractivity contribution in [2.75, 3.05) is 18.8 Å². The molecule has 2 atom stereocenters. The Morgan fingerprint density at radius 1 is 1.21 bits per heavy atom. The van der Waals surface area contributed by atoms with Crippen LogP contribution in [0.2, 0.25) is 0 Å². The summed E-state index contributed by atoms with van der Waals surface area (Å²) in [7, 11) is 0. The second kappa shape index (κ2) is 4.56. The van der Waals surface area contributed by atoms with E-state index in [1.54, 1.807) is 0 Å². The summed E-state index contributed by atoms with van der Waals surface area (Å²) in [5.41, 5.74) is 0. The summed E-state index contributed by atoms with van der Waals surface area (Å²) >= 11 is 4.05. The van der Waals surface area contributed by atoms with Gasteiger partial charge >= 0.3 is 0 Å². The van der Waals surface area contributed by atoms with Gasteiger partial charge in [-0.05, 0) is 24.7 Å². The SMILES string of the molecule is O=C(CS)N1CCC2CCCCC2C1. The van der Waals surface area contributed by atoms with Crippen molar-refractivity contribution < 1.29 is 4.79 Å². The molecular formula is C11H19NOS. The minimum Gasteiger partial charge on any atom is -0.342 e. The highest BCUT2D eigenvalue weighted by atomic mass is 32.1. The molecule has 0 spiro atoms. The zero-order valence-electron chi connectivity index (χ0n) is 8.61. The van der Waals surface area contributed by atoms with Crippen molar-refractivity contribution >= 4 is 18.5 Å². The van der Waals surface area contributed by atoms with Gasteiger partial charge in [-0.2, -0.15) is 12.6 Å². The van der Waals surface area contributed by atoms with E-state index in [0.717, 1.165) is 24.9 Å². The molecule has 1 amide bonds. The van der Waals surface area contributed by atoms with Crippen molar-refractivity contribution in [1.82, 2.24) is 4.90 Å². The number of thiol groups is 1. The molecular weight excluding hydrogens is 194 g/mol. The van der Waals surface area contributed by atoms with E-state index in [4.69, 9.17) is 0 Å². The number of fused-ring (bicyclic) bond motifs is 1. The van der Waals surface area contributed by atoms with Crippen LogP contribution in [0, 0.1) is 11.8 Å². The first-order valence-corrected chi connectivity index (χ1v) is 6.33. The van der Waals surface area contributed by atoms with Gasteiger partial charge in [0.05, 0.1) is 5.75 Å². The van der Waals surface area contributed by atoms with Crippen LogP contribution < -0.4 is 0 Å². The maximum Gasteiger partial charge on any atom is 0.232 e. The minimum atomic E-state index is 0.220. The smallest absolute Gasteiger partial charge is 0.232 e. The first kappa shape index (κ1) is 10.3. The molecule has 0 aromatic rings. The Morgan fingerprint density at radius 3 is 2.64 bits per heavy atom. The van der Waals surface area contributed by atoms with Crippen LogP contribution in [0.25, 0.3) is 0 Å². The van der Waals surface area contributed by atoms with Gasteiger partial charge < -0.3 is 4.90 Å². The van der Waals surface area contributed by atoms with Crippen molar-refractivity contribution in [3.05, 3.63) is 0 Å². The zero-order valence-corrected chi connectivity index (χ0v) is 9.51. The predicted octanol–water partition coefficient (Wildman–Crippen LogP) is 1.95. The first-order chi connectivity index (χ1) is 6.81. The lowest BCUT2D eigenvalue weighted by molar-refractivity contribution is -0.131. The van der Waals surface area contributed by atoms with E-state index >= 15 is 0 Å². The highest BCUT2D eigenvalue weighted by Gasteiger charge is 2.32. The lowest BCUT2D eigenvalue weighted by Crippen LogP contribution is -2.45. The molecule has 0 bridgehead atoms. The van der Waals surface area contributed by atoms with Crippen molar-refractivity contribution in [2.24, 2.45) is 11.8 Å². The fraction of sp³-hybridized carbons (Fsp3) is 0.909. The fourth-order valence-corrected chi connectivity index (χ4v) is 3.13. The standard InChI is InChI=1S/C11H19NOS/c13-11(8-14)12-6-5-9-3-1-2-4-10(9)7-12/h9-10,14H,1-8H2. The predicted molar refractivity (Wildman–Crippen MR) is 60.5 cm³/mol. The third-order valence-corrected chi connectivity index (χ3v) is 4.05. The molecule has 80 valence electrons. The number of hydrogen-bond acceptors (Lipinski definition) is 2. The molecule has 1 saturated heterocycles. The summed E-state index contributed by atoms with van der Waals surface area (Å²) in [6.07, 6.45) is 6.73. The lowest BCUT2D eigenvalue weighted by Gasteiger charge is -2.41. The maximum absolute atomic E-state index is 11.5. The van der Waals surface area contributed by atoms with Crippen LogP contribution in [-0.4, -0.2) is 29.6 Å². The molecule has 2 fully saturated rings. The molecule has 2 nitrogen and oxygen atoms in total. The molecule has 1 aliphatic carbocycles. The van der Waals surface area contributed by atoms with Crippen LogP contribution in [-0.2, 0) is 4.79 Å². The van der Waals surface area contributed by atoms with E-state index in [0.29, 0.717) is 5.75 Å². The summed E-state index contributed by atoms with van der Waals surface area (Å²) in [6, 6.07) is 0. The Hall–Kier alpha value is -0.180. The third-order valence-electron chi connectivity index (χ3n) is 3.78. The van der Waals surface area contributed by atoms with E-state index in [1.165, 1.54) is 32.1 Å². The second-order valence-corrected chi connectivity index (χ2v) is 4.91. The Bertz CT molecular complexity index is 219. The topological polar surface area (TPSA) is 20.3 Å². The van der Waals surface area contributed by atoms with Crippen molar-refractivity contribution in [3.63, 3.8) is 0 Å². The Kier molecular flexibility index (Phi) is 3.37. The van der Waals surface area contributed by atoms with Crippen LogP contribution >= 0.6 is 12.6 Å². The molecule has 2 rings (SSSR count). The number of carbonyl (C=O) groups is 1. The maximum atomic E-state index is 11.5. The molecule has 0 aromatic heterocycles. The van der Waals surface area contributed by atoms with Crippen molar-refractivity contribution in [1.29, 1.82) is 0 Å². The van der Waals surface area contributed by atoms with Gasteiger partial charge in [0.15, 0.2) is 0 Å². The fourth-order valence-electron chi connectivity index (χ4n) is 2.93. The van der Waals surface area contributed by atoms with Gasteiger partial charge in [0.1, 0.15) is 0 Å². The van der Waals surface area contributed by atoms with Crippen molar-refractivity contribution in [3.8, 4) is 0 Å². The van der Waals surface area contributed by atoms with Gasteiger partial charge in [-0.3, -0.25) is 4.79 Å². The quantitative estimate of drug-likeness (QED) is 0.660. The first-order valence-electron chi connectivity index (χ1n) is 5.70. The zero-order chi connectivity index (χ0) is 9.97. The number of nitrogens with zero attached hydrogens (tertiary/aromatic N) is 1. The van der Waals surface area contributed by atoms with Gasteiger partial charge in [-0.15, -0.1) is 0 Å². The van der Waals surface area contributed by atoms with E-state index in [-0.39, 0.29) is 5.91 Å². The number of hydrogen-bond donors (Lipinski definition) is 1. The van der Waals surface area contributed by atoms with Gasteiger partial charge in [0, 0.05) is 13.1 Å². The van der Waals surface area contributed by atoms with E-state index in [9.17, 15) is 4.79 Å². The highest BCUT2D eigenvalue weighted by Crippen LogP contribution is 2.35. The summed E-state index contributed by atoms with van der Waals surface area (Å²) in [5, 5.41) is 0. The molecule has 2 unspecified atom stereocenters. The summed E-state index contributed by atoms with van der Waals surface area (Å²) in [4.78, 5) is 13.5. The summed E-state index contributed by atoms with van der Waals surface area (Å²) in [5.74, 6) is 2.30. The molecule has 1 heterocycles. The van der Waals surface area contributed by atoms with E-state index in [2.05, 4.69) is 12.6 Å². The van der Waals surface area contributed by atoms with Gasteiger partial charge in [-0.25, -0.2) is 0 Å². The number of rotatable bonds is 1. The van der Waals surface area contributed by atoms with E-state index in [1.807, 2.05) is 4.90 Å². The summed E-state index contributed by atoms with van der Waals surface area (Å²) < 4.78 is 0. The number of likely N-dealkylation sites (tertiary alicyclic amines) is 1. The molecule has 3 heteroatoms. The largest absolute Gasteiger partial charge is 0.342 e. The Balaban J connectivity index is 1.92. The number of amides is 1. The number of carbonyl (C=O) groups excluding carboxylic acids is 1. The van der Waals surface area contributed by atoms with Crippen LogP contribution in [0.5, 0.6) is 0 Å². The average Bonchev–Trinajstić information content (AvgIpc) is 2.27. The molecule has 0 N–H and O–H groups in total. The molecule has 0 aromatic carbocycles. The van der Waals surface area contributed by atoms with Gasteiger partial charge in [0.2, 0.25) is 5.91 Å². The molecule has 1 aliphatic heterocycles.